The summed E-state index contributed by atoms with van der Waals surface area (Å²) in [5.74, 6) is -0.304. The number of benzene rings is 2. The van der Waals surface area contributed by atoms with Gasteiger partial charge in [0, 0.05) is 5.56 Å². The Hall–Kier alpha value is -3.59. The SMILES string of the molecule is O=C(N[C@@H](CO)c1nc(-c2nc3ccccc3[nH]2)no1)c1ccc(F)cc1. The molecule has 2 aromatic carbocycles. The van der Waals surface area contributed by atoms with Gasteiger partial charge in [-0.05, 0) is 36.4 Å². The molecule has 0 aliphatic rings. The average molecular weight is 367 g/mol. The fraction of sp³-hybridized carbons (Fsp3) is 0.111. The van der Waals surface area contributed by atoms with Crippen molar-refractivity contribution in [3.05, 3.63) is 65.8 Å². The van der Waals surface area contributed by atoms with E-state index in [9.17, 15) is 14.3 Å². The van der Waals surface area contributed by atoms with E-state index in [0.29, 0.717) is 5.82 Å². The van der Waals surface area contributed by atoms with Crippen LogP contribution in [-0.2, 0) is 0 Å². The molecule has 0 saturated carbocycles. The molecule has 1 atom stereocenters. The van der Waals surface area contributed by atoms with E-state index >= 15 is 0 Å². The second kappa shape index (κ2) is 6.96. The molecule has 8 nitrogen and oxygen atoms in total. The number of hydrogen-bond donors (Lipinski definition) is 3. The Morgan fingerprint density at radius 2 is 1.96 bits per heavy atom. The van der Waals surface area contributed by atoms with Crippen molar-refractivity contribution in [2.24, 2.45) is 0 Å². The van der Waals surface area contributed by atoms with Gasteiger partial charge in [-0.25, -0.2) is 9.37 Å². The van der Waals surface area contributed by atoms with Crippen molar-refractivity contribution in [2.45, 2.75) is 6.04 Å². The van der Waals surface area contributed by atoms with Gasteiger partial charge in [0.1, 0.15) is 11.9 Å². The molecule has 0 saturated heterocycles. The number of aromatic amines is 1. The number of carbonyl (C=O) groups is 1. The van der Waals surface area contributed by atoms with E-state index in [0.717, 1.165) is 11.0 Å². The highest BCUT2D eigenvalue weighted by atomic mass is 19.1. The molecule has 0 aliphatic carbocycles. The number of amides is 1. The Morgan fingerprint density at radius 1 is 1.19 bits per heavy atom. The summed E-state index contributed by atoms with van der Waals surface area (Å²) < 4.78 is 18.1. The first-order valence-electron chi connectivity index (χ1n) is 8.10. The number of aliphatic hydroxyl groups excluding tert-OH is 1. The smallest absolute Gasteiger partial charge is 0.252 e. The molecule has 0 aliphatic heterocycles. The van der Waals surface area contributed by atoms with Gasteiger partial charge < -0.3 is 19.9 Å². The molecule has 3 N–H and O–H groups in total. The minimum Gasteiger partial charge on any atom is -0.394 e. The van der Waals surface area contributed by atoms with Crippen molar-refractivity contribution >= 4 is 16.9 Å². The molecule has 4 rings (SSSR count). The zero-order chi connectivity index (χ0) is 18.8. The standard InChI is InChI=1S/C18H14FN5O3/c19-11-7-5-10(6-8-11)17(26)22-14(9-25)18-23-16(24-27-18)15-20-12-3-1-2-4-13(12)21-15/h1-8,14,25H,9H2,(H,20,21)(H,22,26)/t14-/m0/s1. The highest BCUT2D eigenvalue weighted by Crippen LogP contribution is 2.20. The fourth-order valence-corrected chi connectivity index (χ4v) is 2.56. The Bertz CT molecular complexity index is 1060. The van der Waals surface area contributed by atoms with Gasteiger partial charge in [0.15, 0.2) is 5.82 Å². The quantitative estimate of drug-likeness (QED) is 0.498. The van der Waals surface area contributed by atoms with Crippen LogP contribution >= 0.6 is 0 Å². The molecule has 0 bridgehead atoms. The Labute approximate surface area is 152 Å². The molecule has 2 heterocycles. The minimum absolute atomic E-state index is 0.0309. The number of aromatic nitrogens is 4. The molecule has 9 heteroatoms. The lowest BCUT2D eigenvalue weighted by atomic mass is 10.2. The van der Waals surface area contributed by atoms with Gasteiger partial charge in [-0.15, -0.1) is 0 Å². The summed E-state index contributed by atoms with van der Waals surface area (Å²) in [6.45, 7) is -0.450. The summed E-state index contributed by atoms with van der Waals surface area (Å²) in [6, 6.07) is 11.6. The zero-order valence-electron chi connectivity index (χ0n) is 13.9. The van der Waals surface area contributed by atoms with Crippen molar-refractivity contribution in [3.63, 3.8) is 0 Å². The van der Waals surface area contributed by atoms with Gasteiger partial charge in [-0.2, -0.15) is 4.98 Å². The van der Waals surface area contributed by atoms with E-state index in [2.05, 4.69) is 25.4 Å². The summed E-state index contributed by atoms with van der Waals surface area (Å²) in [4.78, 5) is 23.9. The van der Waals surface area contributed by atoms with E-state index in [1.807, 2.05) is 24.3 Å². The summed E-state index contributed by atoms with van der Waals surface area (Å²) in [5.41, 5.74) is 1.82. The first-order chi connectivity index (χ1) is 13.1. The van der Waals surface area contributed by atoms with Crippen LogP contribution in [0.25, 0.3) is 22.7 Å². The summed E-state index contributed by atoms with van der Waals surface area (Å²) >= 11 is 0. The molecule has 136 valence electrons. The lowest BCUT2D eigenvalue weighted by Crippen LogP contribution is -2.31. The highest BCUT2D eigenvalue weighted by molar-refractivity contribution is 5.94. The number of aliphatic hydroxyl groups is 1. The number of fused-ring (bicyclic) bond motifs is 1. The first kappa shape index (κ1) is 16.9. The van der Waals surface area contributed by atoms with E-state index in [4.69, 9.17) is 4.52 Å². The molecule has 4 aromatic rings. The third-order valence-electron chi connectivity index (χ3n) is 3.94. The van der Waals surface area contributed by atoms with Crippen molar-refractivity contribution in [1.82, 2.24) is 25.4 Å². The number of carbonyl (C=O) groups excluding carboxylic acids is 1. The van der Waals surface area contributed by atoms with Crippen LogP contribution in [0.15, 0.2) is 53.1 Å². The van der Waals surface area contributed by atoms with E-state index in [1.54, 1.807) is 0 Å². The maximum absolute atomic E-state index is 13.0. The van der Waals surface area contributed by atoms with Crippen LogP contribution in [-0.4, -0.2) is 37.7 Å². The summed E-state index contributed by atoms with van der Waals surface area (Å²) in [6.07, 6.45) is 0. The minimum atomic E-state index is -0.909. The van der Waals surface area contributed by atoms with Crippen LogP contribution in [0.3, 0.4) is 0 Å². The third kappa shape index (κ3) is 3.40. The number of H-pyrrole nitrogens is 1. The topological polar surface area (TPSA) is 117 Å². The number of imidazole rings is 1. The predicted molar refractivity (Wildman–Crippen MR) is 93.1 cm³/mol. The molecule has 0 spiro atoms. The van der Waals surface area contributed by atoms with Crippen molar-refractivity contribution in [2.75, 3.05) is 6.61 Å². The first-order valence-corrected chi connectivity index (χ1v) is 8.10. The number of para-hydroxylation sites is 2. The lowest BCUT2D eigenvalue weighted by molar-refractivity contribution is 0.0901. The van der Waals surface area contributed by atoms with Crippen LogP contribution in [0.2, 0.25) is 0 Å². The predicted octanol–water partition coefficient (Wildman–Crippen LogP) is 2.22. The summed E-state index contributed by atoms with van der Waals surface area (Å²) in [5, 5.41) is 16.0. The third-order valence-corrected chi connectivity index (χ3v) is 3.94. The largest absolute Gasteiger partial charge is 0.394 e. The number of hydrogen-bond acceptors (Lipinski definition) is 6. The van der Waals surface area contributed by atoms with Crippen molar-refractivity contribution in [1.29, 1.82) is 0 Å². The number of halogens is 1. The number of nitrogens with one attached hydrogen (secondary N) is 2. The second-order valence-electron chi connectivity index (χ2n) is 5.77. The molecule has 27 heavy (non-hydrogen) atoms. The van der Waals surface area contributed by atoms with Gasteiger partial charge in [-0.1, -0.05) is 17.3 Å². The lowest BCUT2D eigenvalue weighted by Gasteiger charge is -2.12. The monoisotopic (exact) mass is 367 g/mol. The molecule has 0 fully saturated rings. The van der Waals surface area contributed by atoms with Crippen molar-refractivity contribution < 1.29 is 18.8 Å². The normalized spacial score (nSPS) is 12.2. The van der Waals surface area contributed by atoms with Gasteiger partial charge in [-0.3, -0.25) is 4.79 Å². The molecule has 0 radical (unpaired) electrons. The van der Waals surface area contributed by atoms with E-state index in [-0.39, 0.29) is 17.3 Å². The maximum Gasteiger partial charge on any atom is 0.252 e. The van der Waals surface area contributed by atoms with Crippen LogP contribution in [0.1, 0.15) is 22.3 Å². The summed E-state index contributed by atoms with van der Waals surface area (Å²) in [7, 11) is 0. The van der Waals surface area contributed by atoms with Gasteiger partial charge in [0.25, 0.3) is 11.8 Å². The van der Waals surface area contributed by atoms with Crippen LogP contribution < -0.4 is 5.32 Å². The molecule has 2 aromatic heterocycles. The maximum atomic E-state index is 13.0. The Kier molecular flexibility index (Phi) is 4.35. The molecule has 0 unspecified atom stereocenters. The highest BCUT2D eigenvalue weighted by Gasteiger charge is 2.22. The van der Waals surface area contributed by atoms with Crippen LogP contribution in [0, 0.1) is 5.82 Å². The Morgan fingerprint density at radius 3 is 2.70 bits per heavy atom. The molecular weight excluding hydrogens is 353 g/mol. The van der Waals surface area contributed by atoms with E-state index < -0.39 is 24.4 Å². The zero-order valence-corrected chi connectivity index (χ0v) is 13.9. The number of nitrogens with zero attached hydrogens (tertiary/aromatic N) is 3. The molecule has 1 amide bonds. The second-order valence-corrected chi connectivity index (χ2v) is 5.77. The van der Waals surface area contributed by atoms with Crippen LogP contribution in [0.5, 0.6) is 0 Å². The van der Waals surface area contributed by atoms with Crippen LogP contribution in [0.4, 0.5) is 4.39 Å². The number of rotatable bonds is 5. The van der Waals surface area contributed by atoms with Gasteiger partial charge in [0.05, 0.1) is 17.6 Å². The van der Waals surface area contributed by atoms with Gasteiger partial charge in [0.2, 0.25) is 5.82 Å². The Balaban J connectivity index is 1.55. The van der Waals surface area contributed by atoms with Gasteiger partial charge >= 0.3 is 0 Å². The average Bonchev–Trinajstić information content (AvgIpc) is 3.33. The molecular formula is C18H14FN5O3. The van der Waals surface area contributed by atoms with Crippen molar-refractivity contribution in [3.8, 4) is 11.6 Å². The van der Waals surface area contributed by atoms with E-state index in [1.165, 1.54) is 24.3 Å². The fourth-order valence-electron chi connectivity index (χ4n) is 2.56.